The van der Waals surface area contributed by atoms with Gasteiger partial charge in [-0.1, -0.05) is 29.5 Å². The van der Waals surface area contributed by atoms with Gasteiger partial charge in [-0.05, 0) is 29.9 Å². The van der Waals surface area contributed by atoms with E-state index in [9.17, 15) is 0 Å². The van der Waals surface area contributed by atoms with Crippen LogP contribution in [0.5, 0.6) is 0 Å². The maximum Gasteiger partial charge on any atom is 0.00747 e. The molecule has 1 aromatic heterocycles. The molecule has 0 atom stereocenters. The fourth-order valence-corrected chi connectivity index (χ4v) is 2.47. The van der Waals surface area contributed by atoms with E-state index in [1.54, 1.807) is 10.4 Å². The minimum Gasteiger partial charge on any atom is -0.149 e. The van der Waals surface area contributed by atoms with Crippen LogP contribution in [-0.4, -0.2) is 4.43 Å². The number of alkyl halides is 1. The van der Waals surface area contributed by atoms with Gasteiger partial charge in [0.15, 0.2) is 0 Å². The Labute approximate surface area is 79.8 Å². The third kappa shape index (κ3) is 1.95. The fourth-order valence-electron chi connectivity index (χ4n) is 1.00. The van der Waals surface area contributed by atoms with Crippen LogP contribution < -0.4 is 0 Å². The van der Waals surface area contributed by atoms with E-state index in [4.69, 9.17) is 0 Å². The van der Waals surface area contributed by atoms with Crippen LogP contribution in [0.1, 0.15) is 17.4 Å². The molecule has 0 aliphatic carbocycles. The van der Waals surface area contributed by atoms with Gasteiger partial charge in [0.05, 0.1) is 0 Å². The lowest BCUT2D eigenvalue weighted by atomic mass is 10.2. The molecule has 0 spiro atoms. The number of hydrogen-bond donors (Lipinski definition) is 0. The standard InChI is InChI=1S/C8H11IS/c1-2-8-7(3-5-9)4-6-10-8/h4,6H,2-3,5H2,1H3. The Hall–Kier alpha value is 0.430. The lowest BCUT2D eigenvalue weighted by molar-refractivity contribution is 1.09. The maximum absolute atomic E-state index is 2.43. The van der Waals surface area contributed by atoms with Crippen LogP contribution in [-0.2, 0) is 12.8 Å². The molecule has 1 aromatic rings. The first-order chi connectivity index (χ1) is 4.88. The summed E-state index contributed by atoms with van der Waals surface area (Å²) in [6.45, 7) is 2.22. The zero-order valence-electron chi connectivity index (χ0n) is 6.06. The van der Waals surface area contributed by atoms with Crippen molar-refractivity contribution in [1.29, 1.82) is 0 Å². The first kappa shape index (κ1) is 8.53. The molecule has 1 heterocycles. The second-order valence-electron chi connectivity index (χ2n) is 2.16. The Morgan fingerprint density at radius 1 is 1.60 bits per heavy atom. The molecule has 0 saturated carbocycles. The third-order valence-corrected chi connectivity index (χ3v) is 3.17. The van der Waals surface area contributed by atoms with Crippen molar-refractivity contribution in [3.05, 3.63) is 21.9 Å². The first-order valence-electron chi connectivity index (χ1n) is 3.49. The Kier molecular flexibility index (Phi) is 3.70. The Morgan fingerprint density at radius 2 is 2.40 bits per heavy atom. The number of hydrogen-bond acceptors (Lipinski definition) is 1. The van der Waals surface area contributed by atoms with Crippen molar-refractivity contribution in [2.24, 2.45) is 0 Å². The van der Waals surface area contributed by atoms with Crippen LogP contribution in [0.3, 0.4) is 0 Å². The molecule has 0 aromatic carbocycles. The smallest absolute Gasteiger partial charge is 0.00747 e. The largest absolute Gasteiger partial charge is 0.149 e. The van der Waals surface area contributed by atoms with Gasteiger partial charge in [-0.15, -0.1) is 11.3 Å². The minimum atomic E-state index is 1.20. The molecule has 0 aliphatic rings. The average molecular weight is 266 g/mol. The van der Waals surface area contributed by atoms with E-state index in [0.29, 0.717) is 0 Å². The summed E-state index contributed by atoms with van der Waals surface area (Å²) in [5, 5.41) is 2.19. The van der Waals surface area contributed by atoms with Gasteiger partial charge < -0.3 is 0 Å². The van der Waals surface area contributed by atoms with E-state index in [1.807, 2.05) is 11.3 Å². The summed E-state index contributed by atoms with van der Waals surface area (Å²) in [5.74, 6) is 0. The monoisotopic (exact) mass is 266 g/mol. The molecule has 2 heteroatoms. The van der Waals surface area contributed by atoms with Gasteiger partial charge in [0.2, 0.25) is 0 Å². The summed E-state index contributed by atoms with van der Waals surface area (Å²) >= 11 is 4.31. The lowest BCUT2D eigenvalue weighted by Gasteiger charge is -1.95. The zero-order valence-corrected chi connectivity index (χ0v) is 9.04. The van der Waals surface area contributed by atoms with Crippen LogP contribution in [0.4, 0.5) is 0 Å². The predicted octanol–water partition coefficient (Wildman–Crippen LogP) is 3.29. The molecule has 56 valence electrons. The van der Waals surface area contributed by atoms with E-state index in [0.717, 1.165) is 0 Å². The van der Waals surface area contributed by atoms with Gasteiger partial charge in [0.25, 0.3) is 0 Å². The van der Waals surface area contributed by atoms with Crippen LogP contribution in [0.2, 0.25) is 0 Å². The van der Waals surface area contributed by atoms with Crippen LogP contribution in [0.15, 0.2) is 11.4 Å². The van der Waals surface area contributed by atoms with Crippen LogP contribution in [0, 0.1) is 0 Å². The molecule has 0 N–H and O–H groups in total. The minimum absolute atomic E-state index is 1.20. The molecule has 0 bridgehead atoms. The highest BCUT2D eigenvalue weighted by molar-refractivity contribution is 14.1. The van der Waals surface area contributed by atoms with Gasteiger partial charge in [-0.2, -0.15) is 0 Å². The van der Waals surface area contributed by atoms with Gasteiger partial charge in [0, 0.05) is 9.30 Å². The summed E-state index contributed by atoms with van der Waals surface area (Å²) < 4.78 is 1.24. The van der Waals surface area contributed by atoms with Gasteiger partial charge in [-0.25, -0.2) is 0 Å². The lowest BCUT2D eigenvalue weighted by Crippen LogP contribution is -1.86. The quantitative estimate of drug-likeness (QED) is 0.581. The van der Waals surface area contributed by atoms with E-state index in [2.05, 4.69) is 41.0 Å². The molecule has 0 aliphatic heterocycles. The highest BCUT2D eigenvalue weighted by atomic mass is 127. The summed E-state index contributed by atoms with van der Waals surface area (Å²) in [5.41, 5.74) is 1.56. The molecule has 0 radical (unpaired) electrons. The third-order valence-electron chi connectivity index (χ3n) is 1.52. The van der Waals surface area contributed by atoms with Crippen molar-refractivity contribution in [2.75, 3.05) is 4.43 Å². The summed E-state index contributed by atoms with van der Waals surface area (Å²) in [4.78, 5) is 1.57. The van der Waals surface area contributed by atoms with Crippen molar-refractivity contribution in [3.63, 3.8) is 0 Å². The Morgan fingerprint density at radius 3 is 3.00 bits per heavy atom. The number of halogens is 1. The SMILES string of the molecule is CCc1sccc1CCI. The molecule has 1 rings (SSSR count). The molecular weight excluding hydrogens is 255 g/mol. The highest BCUT2D eigenvalue weighted by Crippen LogP contribution is 2.18. The summed E-state index contributed by atoms with van der Waals surface area (Å²) in [6, 6.07) is 2.25. The van der Waals surface area contributed by atoms with Crippen molar-refractivity contribution < 1.29 is 0 Å². The first-order valence-corrected chi connectivity index (χ1v) is 5.90. The fraction of sp³-hybridized carbons (Fsp3) is 0.500. The predicted molar refractivity (Wildman–Crippen MR) is 56.3 cm³/mol. The van der Waals surface area contributed by atoms with Crippen molar-refractivity contribution in [1.82, 2.24) is 0 Å². The Bertz CT molecular complexity index is 193. The number of aryl methyl sites for hydroxylation is 2. The van der Waals surface area contributed by atoms with Gasteiger partial charge in [-0.3, -0.25) is 0 Å². The van der Waals surface area contributed by atoms with E-state index in [1.165, 1.54) is 17.3 Å². The van der Waals surface area contributed by atoms with Crippen molar-refractivity contribution in [2.45, 2.75) is 19.8 Å². The molecule has 0 saturated heterocycles. The van der Waals surface area contributed by atoms with E-state index < -0.39 is 0 Å². The van der Waals surface area contributed by atoms with Crippen molar-refractivity contribution >= 4 is 33.9 Å². The van der Waals surface area contributed by atoms with Crippen LogP contribution >= 0.6 is 33.9 Å². The van der Waals surface area contributed by atoms with Gasteiger partial charge >= 0.3 is 0 Å². The molecule has 0 fully saturated rings. The topological polar surface area (TPSA) is 0 Å². The molecule has 0 unspecified atom stereocenters. The molecular formula is C8H11IS. The molecule has 0 nitrogen and oxygen atoms in total. The normalized spacial score (nSPS) is 10.2. The van der Waals surface area contributed by atoms with Crippen LogP contribution in [0.25, 0.3) is 0 Å². The zero-order chi connectivity index (χ0) is 7.40. The van der Waals surface area contributed by atoms with Crippen molar-refractivity contribution in [3.8, 4) is 0 Å². The molecule has 10 heavy (non-hydrogen) atoms. The maximum atomic E-state index is 2.43. The van der Waals surface area contributed by atoms with E-state index >= 15 is 0 Å². The second-order valence-corrected chi connectivity index (χ2v) is 4.24. The summed E-state index contributed by atoms with van der Waals surface area (Å²) in [6.07, 6.45) is 2.44. The summed E-state index contributed by atoms with van der Waals surface area (Å²) in [7, 11) is 0. The number of rotatable bonds is 3. The number of thiophene rings is 1. The van der Waals surface area contributed by atoms with Gasteiger partial charge in [0.1, 0.15) is 0 Å². The Balaban J connectivity index is 2.70. The van der Waals surface area contributed by atoms with E-state index in [-0.39, 0.29) is 0 Å². The highest BCUT2D eigenvalue weighted by Gasteiger charge is 1.99. The average Bonchev–Trinajstić information content (AvgIpc) is 2.36. The second kappa shape index (κ2) is 4.34. The molecule has 0 amide bonds.